The fourth-order valence-corrected chi connectivity index (χ4v) is 2.00. The quantitative estimate of drug-likeness (QED) is 0.696. The lowest BCUT2D eigenvalue weighted by Gasteiger charge is -2.02. The molecule has 0 amide bonds. The topological polar surface area (TPSA) is 0 Å². The summed E-state index contributed by atoms with van der Waals surface area (Å²) in [7, 11) is 0. The van der Waals surface area contributed by atoms with Crippen molar-refractivity contribution in [3.05, 3.63) is 46.4 Å². The third-order valence-electron chi connectivity index (χ3n) is 2.30. The van der Waals surface area contributed by atoms with Crippen LogP contribution in [0.2, 0.25) is 0 Å². The third-order valence-corrected chi connectivity index (χ3v) is 2.99. The van der Waals surface area contributed by atoms with E-state index in [1.54, 1.807) is 0 Å². The largest absolute Gasteiger partial charge is 0.0613 e. The summed E-state index contributed by atoms with van der Waals surface area (Å²) >= 11 is 3.56. The lowest BCUT2D eigenvalue weighted by molar-refractivity contribution is 1.15. The zero-order chi connectivity index (χ0) is 9.26. The summed E-state index contributed by atoms with van der Waals surface area (Å²) in [6.07, 6.45) is 1.09. The van der Waals surface area contributed by atoms with Gasteiger partial charge < -0.3 is 0 Å². The number of benzene rings is 2. The van der Waals surface area contributed by atoms with Crippen LogP contribution < -0.4 is 0 Å². The summed E-state index contributed by atoms with van der Waals surface area (Å²) in [5.41, 5.74) is 1.39. The maximum atomic E-state index is 3.56. The van der Waals surface area contributed by atoms with Gasteiger partial charge in [0.1, 0.15) is 0 Å². The number of halogens is 1. The molecule has 0 atom stereocenters. The number of aryl methyl sites for hydroxylation is 1. The lowest BCUT2D eigenvalue weighted by Crippen LogP contribution is -1.80. The summed E-state index contributed by atoms with van der Waals surface area (Å²) in [6, 6.07) is 12.9. The molecule has 0 fully saturated rings. The van der Waals surface area contributed by atoms with Crippen molar-refractivity contribution in [3.8, 4) is 0 Å². The average Bonchev–Trinajstić information content (AvgIpc) is 2.18. The van der Waals surface area contributed by atoms with Gasteiger partial charge in [-0.1, -0.05) is 53.2 Å². The highest BCUT2D eigenvalue weighted by Crippen LogP contribution is 2.24. The molecule has 0 spiro atoms. The number of hydrogen-bond donors (Lipinski definition) is 0. The Labute approximate surface area is 86.7 Å². The molecule has 66 valence electrons. The first-order valence-corrected chi connectivity index (χ1v) is 5.27. The second kappa shape index (κ2) is 3.51. The van der Waals surface area contributed by atoms with E-state index >= 15 is 0 Å². The van der Waals surface area contributed by atoms with Crippen LogP contribution in [0.5, 0.6) is 0 Å². The predicted molar refractivity (Wildman–Crippen MR) is 61.0 cm³/mol. The van der Waals surface area contributed by atoms with Gasteiger partial charge in [-0.2, -0.15) is 0 Å². The molecule has 1 heteroatoms. The van der Waals surface area contributed by atoms with E-state index in [9.17, 15) is 0 Å². The second-order valence-electron chi connectivity index (χ2n) is 3.15. The molecule has 2 rings (SSSR count). The van der Waals surface area contributed by atoms with E-state index in [4.69, 9.17) is 0 Å². The molecule has 0 bridgehead atoms. The highest BCUT2D eigenvalue weighted by molar-refractivity contribution is 9.10. The molecule has 0 aromatic heterocycles. The van der Waals surface area contributed by atoms with Gasteiger partial charge in [-0.25, -0.2) is 0 Å². The van der Waals surface area contributed by atoms with E-state index < -0.39 is 0 Å². The van der Waals surface area contributed by atoms with Crippen molar-refractivity contribution in [2.45, 2.75) is 13.3 Å². The molecule has 2 aromatic rings. The van der Waals surface area contributed by atoms with Crippen molar-refractivity contribution in [1.82, 2.24) is 0 Å². The monoisotopic (exact) mass is 234 g/mol. The molecule has 0 aliphatic rings. The van der Waals surface area contributed by atoms with Crippen LogP contribution in [-0.2, 0) is 6.42 Å². The van der Waals surface area contributed by atoms with Crippen LogP contribution in [0.1, 0.15) is 12.5 Å². The molecule has 0 saturated heterocycles. The molecule has 0 N–H and O–H groups in total. The molecule has 0 aliphatic carbocycles. The summed E-state index contributed by atoms with van der Waals surface area (Å²) in [4.78, 5) is 0. The van der Waals surface area contributed by atoms with Crippen molar-refractivity contribution in [3.63, 3.8) is 0 Å². The lowest BCUT2D eigenvalue weighted by atomic mass is 10.1. The zero-order valence-corrected chi connectivity index (χ0v) is 9.14. The minimum Gasteiger partial charge on any atom is -0.0613 e. The highest BCUT2D eigenvalue weighted by atomic mass is 79.9. The first kappa shape index (κ1) is 8.76. The van der Waals surface area contributed by atoms with Gasteiger partial charge in [0.2, 0.25) is 0 Å². The van der Waals surface area contributed by atoms with Gasteiger partial charge in [-0.15, -0.1) is 0 Å². The summed E-state index contributed by atoms with van der Waals surface area (Å²) in [5.74, 6) is 0. The summed E-state index contributed by atoms with van der Waals surface area (Å²) in [6.45, 7) is 2.18. The molecule has 0 heterocycles. The Morgan fingerprint density at radius 3 is 2.77 bits per heavy atom. The fourth-order valence-electron chi connectivity index (χ4n) is 1.50. The fraction of sp³-hybridized carbons (Fsp3) is 0.167. The summed E-state index contributed by atoms with van der Waals surface area (Å²) < 4.78 is 1.18. The third kappa shape index (κ3) is 1.61. The SMILES string of the molecule is CCc1ccc2cccc(Br)c2c1. The van der Waals surface area contributed by atoms with E-state index in [-0.39, 0.29) is 0 Å². The second-order valence-corrected chi connectivity index (χ2v) is 4.00. The van der Waals surface area contributed by atoms with Gasteiger partial charge in [0.15, 0.2) is 0 Å². The Bertz CT molecular complexity index is 432. The zero-order valence-electron chi connectivity index (χ0n) is 7.55. The number of rotatable bonds is 1. The van der Waals surface area contributed by atoms with Gasteiger partial charge in [0.25, 0.3) is 0 Å². The minimum atomic E-state index is 1.09. The first-order valence-electron chi connectivity index (χ1n) is 4.48. The van der Waals surface area contributed by atoms with E-state index in [0.717, 1.165) is 6.42 Å². The van der Waals surface area contributed by atoms with Gasteiger partial charge in [-0.3, -0.25) is 0 Å². The van der Waals surface area contributed by atoms with Gasteiger partial charge in [0.05, 0.1) is 0 Å². The Kier molecular flexibility index (Phi) is 2.36. The van der Waals surface area contributed by atoms with Crippen LogP contribution in [0.3, 0.4) is 0 Å². The summed E-state index contributed by atoms with van der Waals surface area (Å²) in [5, 5.41) is 2.61. The van der Waals surface area contributed by atoms with Crippen molar-refractivity contribution >= 4 is 26.7 Å². The van der Waals surface area contributed by atoms with Gasteiger partial charge in [0, 0.05) is 4.47 Å². The van der Waals surface area contributed by atoms with Crippen LogP contribution in [0.4, 0.5) is 0 Å². The molecule has 0 aliphatic heterocycles. The van der Waals surface area contributed by atoms with E-state index in [2.05, 4.69) is 59.3 Å². The Hall–Kier alpha value is -0.820. The smallest absolute Gasteiger partial charge is 0.0253 e. The van der Waals surface area contributed by atoms with Crippen molar-refractivity contribution in [2.24, 2.45) is 0 Å². The molecule has 0 radical (unpaired) electrons. The standard InChI is InChI=1S/C12H11Br/c1-2-9-6-7-10-4-3-5-12(13)11(10)8-9/h3-8H,2H2,1H3. The van der Waals surface area contributed by atoms with E-state index in [0.29, 0.717) is 0 Å². The first-order chi connectivity index (χ1) is 6.31. The number of fused-ring (bicyclic) bond motifs is 1. The predicted octanol–water partition coefficient (Wildman–Crippen LogP) is 4.16. The normalized spacial score (nSPS) is 10.6. The molecular formula is C12H11Br. The van der Waals surface area contributed by atoms with Crippen LogP contribution >= 0.6 is 15.9 Å². The molecule has 0 nitrogen and oxygen atoms in total. The highest BCUT2D eigenvalue weighted by Gasteiger charge is 1.97. The Morgan fingerprint density at radius 1 is 1.15 bits per heavy atom. The molecular weight excluding hydrogens is 224 g/mol. The molecule has 13 heavy (non-hydrogen) atoms. The van der Waals surface area contributed by atoms with Crippen molar-refractivity contribution in [2.75, 3.05) is 0 Å². The van der Waals surface area contributed by atoms with E-state index in [1.807, 2.05) is 0 Å². The molecule has 0 unspecified atom stereocenters. The van der Waals surface area contributed by atoms with Crippen LogP contribution in [0.25, 0.3) is 10.8 Å². The van der Waals surface area contributed by atoms with Gasteiger partial charge >= 0.3 is 0 Å². The van der Waals surface area contributed by atoms with Crippen molar-refractivity contribution in [1.29, 1.82) is 0 Å². The maximum absolute atomic E-state index is 3.56. The van der Waals surface area contributed by atoms with Crippen LogP contribution in [0.15, 0.2) is 40.9 Å². The van der Waals surface area contributed by atoms with Crippen LogP contribution in [0, 0.1) is 0 Å². The maximum Gasteiger partial charge on any atom is 0.0253 e. The Balaban J connectivity index is 2.74. The average molecular weight is 235 g/mol. The van der Waals surface area contributed by atoms with Crippen LogP contribution in [-0.4, -0.2) is 0 Å². The molecule has 0 saturated carbocycles. The minimum absolute atomic E-state index is 1.09. The van der Waals surface area contributed by atoms with Crippen molar-refractivity contribution < 1.29 is 0 Å². The molecule has 2 aromatic carbocycles. The number of hydrogen-bond acceptors (Lipinski definition) is 0. The Morgan fingerprint density at radius 2 is 2.00 bits per heavy atom. The van der Waals surface area contributed by atoms with E-state index in [1.165, 1.54) is 20.8 Å². The van der Waals surface area contributed by atoms with Gasteiger partial charge in [-0.05, 0) is 28.8 Å².